The first-order valence-electron chi connectivity index (χ1n) is 9.46. The Bertz CT molecular complexity index is 599. The second-order valence-electron chi connectivity index (χ2n) is 7.18. The maximum Gasteiger partial charge on any atom is 0.237 e. The zero-order valence-corrected chi connectivity index (χ0v) is 14.8. The van der Waals surface area contributed by atoms with E-state index < -0.39 is 0 Å². The fraction of sp³-hybridized carbons (Fsp3) is 0.722. The third-order valence-electron chi connectivity index (χ3n) is 5.48. The minimum absolute atomic E-state index is 0.278. The SMILES string of the molecule is O=C1CN(Cc2ccnc(N3CCOCC3)n2)CCN1C1CCCC1. The highest BCUT2D eigenvalue weighted by Crippen LogP contribution is 2.25. The number of piperazine rings is 1. The van der Waals surface area contributed by atoms with Gasteiger partial charge in [0, 0.05) is 45.0 Å². The molecule has 4 rings (SSSR count). The second-order valence-corrected chi connectivity index (χ2v) is 7.18. The molecule has 1 saturated carbocycles. The van der Waals surface area contributed by atoms with Crippen LogP contribution in [0, 0.1) is 0 Å². The molecule has 3 aliphatic rings. The summed E-state index contributed by atoms with van der Waals surface area (Å²) in [4.78, 5) is 28.1. The van der Waals surface area contributed by atoms with Crippen molar-refractivity contribution in [1.29, 1.82) is 0 Å². The van der Waals surface area contributed by atoms with Gasteiger partial charge in [-0.2, -0.15) is 0 Å². The van der Waals surface area contributed by atoms with Gasteiger partial charge in [-0.1, -0.05) is 12.8 Å². The molecule has 2 aliphatic heterocycles. The monoisotopic (exact) mass is 345 g/mol. The molecule has 0 N–H and O–H groups in total. The first-order chi connectivity index (χ1) is 12.3. The van der Waals surface area contributed by atoms with Crippen molar-refractivity contribution in [3.8, 4) is 0 Å². The maximum absolute atomic E-state index is 12.5. The molecule has 1 aliphatic carbocycles. The van der Waals surface area contributed by atoms with Crippen molar-refractivity contribution >= 4 is 11.9 Å². The number of morpholine rings is 1. The zero-order valence-electron chi connectivity index (χ0n) is 14.8. The number of ether oxygens (including phenoxy) is 1. The standard InChI is InChI=1S/C18H27N5O2/c24-17-14-21(7-8-23(17)16-3-1-2-4-16)13-15-5-6-19-18(20-15)22-9-11-25-12-10-22/h5-6,16H,1-4,7-14H2. The molecule has 0 aromatic carbocycles. The summed E-state index contributed by atoms with van der Waals surface area (Å²) in [5.41, 5.74) is 0.985. The molecular formula is C18H27N5O2. The maximum atomic E-state index is 12.5. The van der Waals surface area contributed by atoms with Crippen molar-refractivity contribution in [2.45, 2.75) is 38.3 Å². The van der Waals surface area contributed by atoms with Gasteiger partial charge >= 0.3 is 0 Å². The number of carbonyl (C=O) groups is 1. The van der Waals surface area contributed by atoms with Crippen LogP contribution in [0.1, 0.15) is 31.4 Å². The number of amides is 1. The Morgan fingerprint density at radius 3 is 2.68 bits per heavy atom. The topological polar surface area (TPSA) is 61.8 Å². The van der Waals surface area contributed by atoms with Crippen molar-refractivity contribution in [2.75, 3.05) is 50.8 Å². The van der Waals surface area contributed by atoms with E-state index in [9.17, 15) is 4.79 Å². The Morgan fingerprint density at radius 1 is 1.12 bits per heavy atom. The van der Waals surface area contributed by atoms with Gasteiger partial charge in [0.25, 0.3) is 0 Å². The summed E-state index contributed by atoms with van der Waals surface area (Å²) in [6.07, 6.45) is 6.72. The molecule has 25 heavy (non-hydrogen) atoms. The van der Waals surface area contributed by atoms with E-state index in [-0.39, 0.29) is 5.91 Å². The van der Waals surface area contributed by atoms with Crippen molar-refractivity contribution in [1.82, 2.24) is 19.8 Å². The zero-order chi connectivity index (χ0) is 17.1. The Labute approximate surface area is 149 Å². The van der Waals surface area contributed by atoms with E-state index in [4.69, 9.17) is 9.72 Å². The Kier molecular flexibility index (Phi) is 5.12. The lowest BCUT2D eigenvalue weighted by molar-refractivity contribution is -0.138. The Morgan fingerprint density at radius 2 is 1.92 bits per heavy atom. The van der Waals surface area contributed by atoms with Crippen molar-refractivity contribution in [3.05, 3.63) is 18.0 Å². The average molecular weight is 345 g/mol. The number of aromatic nitrogens is 2. The first-order valence-corrected chi connectivity index (χ1v) is 9.46. The molecule has 1 aromatic rings. The van der Waals surface area contributed by atoms with Crippen LogP contribution in [0.25, 0.3) is 0 Å². The van der Waals surface area contributed by atoms with E-state index in [1.807, 2.05) is 12.3 Å². The minimum Gasteiger partial charge on any atom is -0.378 e. The lowest BCUT2D eigenvalue weighted by Crippen LogP contribution is -2.53. The van der Waals surface area contributed by atoms with Crippen LogP contribution in [-0.4, -0.2) is 77.7 Å². The minimum atomic E-state index is 0.278. The number of rotatable bonds is 4. The molecule has 1 aromatic heterocycles. The van der Waals surface area contributed by atoms with E-state index >= 15 is 0 Å². The number of nitrogens with zero attached hydrogens (tertiary/aromatic N) is 5. The van der Waals surface area contributed by atoms with Gasteiger partial charge in [0.05, 0.1) is 25.5 Å². The normalized spacial score (nSPS) is 23.4. The van der Waals surface area contributed by atoms with Crippen LogP contribution in [0.3, 0.4) is 0 Å². The van der Waals surface area contributed by atoms with Gasteiger partial charge in [-0.15, -0.1) is 0 Å². The van der Waals surface area contributed by atoms with Gasteiger partial charge in [0.15, 0.2) is 0 Å². The van der Waals surface area contributed by atoms with E-state index in [1.165, 1.54) is 25.7 Å². The number of hydrogen-bond donors (Lipinski definition) is 0. The molecule has 3 fully saturated rings. The summed E-state index contributed by atoms with van der Waals surface area (Å²) in [7, 11) is 0. The smallest absolute Gasteiger partial charge is 0.237 e. The molecule has 0 unspecified atom stereocenters. The Balaban J connectivity index is 1.35. The highest BCUT2D eigenvalue weighted by molar-refractivity contribution is 5.79. The molecular weight excluding hydrogens is 318 g/mol. The molecule has 0 bridgehead atoms. The van der Waals surface area contributed by atoms with Crippen LogP contribution in [-0.2, 0) is 16.1 Å². The molecule has 0 atom stereocenters. The summed E-state index contributed by atoms with van der Waals surface area (Å²) < 4.78 is 5.39. The van der Waals surface area contributed by atoms with Gasteiger partial charge in [-0.05, 0) is 18.9 Å². The third kappa shape index (κ3) is 3.93. The molecule has 2 saturated heterocycles. The van der Waals surface area contributed by atoms with Crippen molar-refractivity contribution < 1.29 is 9.53 Å². The molecule has 136 valence electrons. The number of hydrogen-bond acceptors (Lipinski definition) is 6. The van der Waals surface area contributed by atoms with Gasteiger partial charge in [0.1, 0.15) is 0 Å². The van der Waals surface area contributed by atoms with Crippen molar-refractivity contribution in [2.24, 2.45) is 0 Å². The summed E-state index contributed by atoms with van der Waals surface area (Å²) in [6.45, 7) is 6.13. The van der Waals surface area contributed by atoms with Crippen molar-refractivity contribution in [3.63, 3.8) is 0 Å². The number of carbonyl (C=O) groups excluding carboxylic acids is 1. The summed E-state index contributed by atoms with van der Waals surface area (Å²) in [5, 5.41) is 0. The highest BCUT2D eigenvalue weighted by atomic mass is 16.5. The second kappa shape index (κ2) is 7.66. The predicted octanol–water partition coefficient (Wildman–Crippen LogP) is 0.900. The quantitative estimate of drug-likeness (QED) is 0.808. The lowest BCUT2D eigenvalue weighted by atomic mass is 10.1. The van der Waals surface area contributed by atoms with Gasteiger partial charge < -0.3 is 14.5 Å². The van der Waals surface area contributed by atoms with Gasteiger partial charge in [-0.3, -0.25) is 9.69 Å². The van der Waals surface area contributed by atoms with Crippen LogP contribution < -0.4 is 4.90 Å². The molecule has 1 amide bonds. The number of anilines is 1. The molecule has 7 heteroatoms. The summed E-state index contributed by atoms with van der Waals surface area (Å²) >= 11 is 0. The Hall–Kier alpha value is -1.73. The summed E-state index contributed by atoms with van der Waals surface area (Å²) in [6, 6.07) is 2.44. The van der Waals surface area contributed by atoms with Crippen LogP contribution in [0.2, 0.25) is 0 Å². The van der Waals surface area contributed by atoms with E-state index in [0.29, 0.717) is 19.1 Å². The van der Waals surface area contributed by atoms with Gasteiger partial charge in [0.2, 0.25) is 11.9 Å². The molecule has 0 spiro atoms. The van der Waals surface area contributed by atoms with Gasteiger partial charge in [-0.25, -0.2) is 9.97 Å². The fourth-order valence-corrected chi connectivity index (χ4v) is 4.09. The van der Waals surface area contributed by atoms with Crippen LogP contribution in [0.15, 0.2) is 12.3 Å². The average Bonchev–Trinajstić information content (AvgIpc) is 3.17. The molecule has 0 radical (unpaired) electrons. The largest absolute Gasteiger partial charge is 0.378 e. The fourth-order valence-electron chi connectivity index (χ4n) is 4.09. The highest BCUT2D eigenvalue weighted by Gasteiger charge is 2.31. The molecule has 7 nitrogen and oxygen atoms in total. The summed E-state index contributed by atoms with van der Waals surface area (Å²) in [5.74, 6) is 1.05. The van der Waals surface area contributed by atoms with Crippen LogP contribution in [0.5, 0.6) is 0 Å². The third-order valence-corrected chi connectivity index (χ3v) is 5.48. The van der Waals surface area contributed by atoms with Crippen LogP contribution >= 0.6 is 0 Å². The van der Waals surface area contributed by atoms with E-state index in [0.717, 1.165) is 51.0 Å². The van der Waals surface area contributed by atoms with E-state index in [1.54, 1.807) is 0 Å². The van der Waals surface area contributed by atoms with Crippen LogP contribution in [0.4, 0.5) is 5.95 Å². The lowest BCUT2D eigenvalue weighted by Gasteiger charge is -2.37. The van der Waals surface area contributed by atoms with E-state index in [2.05, 4.69) is 19.7 Å². The predicted molar refractivity (Wildman–Crippen MR) is 94.3 cm³/mol. The first kappa shape index (κ1) is 16.7. The molecule has 3 heterocycles.